The summed E-state index contributed by atoms with van der Waals surface area (Å²) in [6, 6.07) is 7.53. The molecule has 1 fully saturated rings. The van der Waals surface area contributed by atoms with Crippen molar-refractivity contribution in [1.82, 2.24) is 10.2 Å². The Labute approximate surface area is 164 Å². The van der Waals surface area contributed by atoms with Gasteiger partial charge in [0.1, 0.15) is 6.10 Å². The van der Waals surface area contributed by atoms with Crippen molar-refractivity contribution < 1.29 is 14.3 Å². The van der Waals surface area contributed by atoms with E-state index in [1.165, 1.54) is 5.56 Å². The highest BCUT2D eigenvalue weighted by atomic mass is 16.5. The van der Waals surface area contributed by atoms with Crippen molar-refractivity contribution in [2.24, 2.45) is 9.98 Å². The van der Waals surface area contributed by atoms with Gasteiger partial charge in [0.05, 0.1) is 5.71 Å². The van der Waals surface area contributed by atoms with Crippen LogP contribution in [0.1, 0.15) is 42.1 Å². The quantitative estimate of drug-likeness (QED) is 0.868. The number of ether oxygens (including phenoxy) is 1. The number of hydrogen-bond donors (Lipinski definition) is 1. The highest BCUT2D eigenvalue weighted by Crippen LogP contribution is 2.20. The maximum atomic E-state index is 12.5. The number of amides is 2. The summed E-state index contributed by atoms with van der Waals surface area (Å²) >= 11 is 0. The molecule has 3 heterocycles. The van der Waals surface area contributed by atoms with Gasteiger partial charge in [-0.15, -0.1) is 0 Å². The van der Waals surface area contributed by atoms with Gasteiger partial charge >= 0.3 is 0 Å². The van der Waals surface area contributed by atoms with Crippen LogP contribution in [0.3, 0.4) is 0 Å². The molecule has 2 unspecified atom stereocenters. The lowest BCUT2D eigenvalue weighted by Gasteiger charge is -2.29. The lowest BCUT2D eigenvalue weighted by Crippen LogP contribution is -2.41. The Morgan fingerprint density at radius 1 is 1.29 bits per heavy atom. The van der Waals surface area contributed by atoms with E-state index in [1.54, 1.807) is 17.3 Å². The zero-order valence-corrected chi connectivity index (χ0v) is 15.9. The van der Waals surface area contributed by atoms with Gasteiger partial charge in [-0.1, -0.05) is 19.1 Å². The summed E-state index contributed by atoms with van der Waals surface area (Å²) in [6.45, 7) is 3.29. The number of nitrogens with zero attached hydrogens (tertiary/aromatic N) is 3. The van der Waals surface area contributed by atoms with Gasteiger partial charge in [0.25, 0.3) is 11.8 Å². The van der Waals surface area contributed by atoms with Gasteiger partial charge in [0, 0.05) is 43.1 Å². The second kappa shape index (κ2) is 8.06. The number of aryl methyl sites for hydroxylation is 1. The smallest absolute Gasteiger partial charge is 0.255 e. The first kappa shape index (κ1) is 18.6. The number of benzene rings is 1. The Morgan fingerprint density at radius 3 is 2.82 bits per heavy atom. The largest absolute Gasteiger partial charge is 0.368 e. The molecule has 0 saturated carbocycles. The van der Waals surface area contributed by atoms with Crippen LogP contribution in [0.5, 0.6) is 0 Å². The van der Waals surface area contributed by atoms with E-state index in [1.807, 2.05) is 24.3 Å². The summed E-state index contributed by atoms with van der Waals surface area (Å²) in [7, 11) is 0. The summed E-state index contributed by atoms with van der Waals surface area (Å²) in [6.07, 6.45) is 5.78. The molecule has 1 N–H and O–H groups in total. The standard InChI is InChI=1S/C21H24N4O3/c1-2-14-5-7-15(8-6-14)19(26)24-21-22-12-16-13-25(10-9-17(16)23-21)20(27)18-4-3-11-28-18/h5-8,12-13,18,21H,2-4,9-11H2,1H3,(H,24,26). The third-order valence-corrected chi connectivity index (χ3v) is 5.22. The second-order valence-corrected chi connectivity index (χ2v) is 7.12. The predicted octanol–water partition coefficient (Wildman–Crippen LogP) is 2.08. The molecule has 146 valence electrons. The lowest BCUT2D eigenvalue weighted by molar-refractivity contribution is -0.138. The summed E-state index contributed by atoms with van der Waals surface area (Å²) in [5.41, 5.74) is 3.45. The van der Waals surface area contributed by atoms with Gasteiger partial charge in [-0.25, -0.2) is 9.98 Å². The van der Waals surface area contributed by atoms with E-state index in [-0.39, 0.29) is 17.9 Å². The molecule has 28 heavy (non-hydrogen) atoms. The number of fused-ring (bicyclic) bond motifs is 1. The molecule has 0 aliphatic carbocycles. The predicted molar refractivity (Wildman–Crippen MR) is 106 cm³/mol. The molecule has 1 saturated heterocycles. The lowest BCUT2D eigenvalue weighted by atomic mass is 10.0. The normalized spacial score (nSPS) is 23.7. The average Bonchev–Trinajstić information content (AvgIpc) is 3.27. The van der Waals surface area contributed by atoms with Gasteiger partial charge in [-0.3, -0.25) is 9.59 Å². The van der Waals surface area contributed by atoms with Gasteiger partial charge in [-0.05, 0) is 37.0 Å². The Morgan fingerprint density at radius 2 is 2.11 bits per heavy atom. The molecule has 2 amide bonds. The van der Waals surface area contributed by atoms with Gasteiger partial charge in [-0.2, -0.15) is 0 Å². The van der Waals surface area contributed by atoms with E-state index in [0.717, 1.165) is 30.5 Å². The molecule has 1 aromatic carbocycles. The second-order valence-electron chi connectivity index (χ2n) is 7.12. The van der Waals surface area contributed by atoms with Crippen LogP contribution in [-0.2, 0) is 16.0 Å². The van der Waals surface area contributed by atoms with Crippen LogP contribution in [0.15, 0.2) is 46.0 Å². The topological polar surface area (TPSA) is 83.4 Å². The molecule has 0 radical (unpaired) electrons. The Balaban J connectivity index is 1.40. The molecular weight excluding hydrogens is 356 g/mol. The Hall–Kier alpha value is -2.80. The number of allylic oxidation sites excluding steroid dienone is 1. The van der Waals surface area contributed by atoms with Crippen LogP contribution in [0.4, 0.5) is 0 Å². The fraction of sp³-hybridized carbons (Fsp3) is 0.429. The zero-order valence-electron chi connectivity index (χ0n) is 15.9. The summed E-state index contributed by atoms with van der Waals surface area (Å²) in [5, 5.41) is 2.83. The molecular formula is C21H24N4O3. The SMILES string of the molecule is CCc1ccc(C(=O)NC2N=CC3=CN(C(=O)C4CCCO4)CCC3=N2)cc1. The molecule has 1 aromatic rings. The fourth-order valence-corrected chi connectivity index (χ4v) is 3.55. The number of nitrogens with one attached hydrogen (secondary N) is 1. The van der Waals surface area contributed by atoms with Crippen molar-refractivity contribution in [3.63, 3.8) is 0 Å². The van der Waals surface area contributed by atoms with E-state index in [4.69, 9.17) is 4.74 Å². The van der Waals surface area contributed by atoms with Crippen LogP contribution < -0.4 is 5.32 Å². The van der Waals surface area contributed by atoms with Crippen LogP contribution in [0, 0.1) is 0 Å². The molecule has 7 nitrogen and oxygen atoms in total. The minimum atomic E-state index is -0.633. The first-order chi connectivity index (χ1) is 13.6. The monoisotopic (exact) mass is 380 g/mol. The molecule has 0 bridgehead atoms. The maximum absolute atomic E-state index is 12.5. The number of carbonyl (C=O) groups excluding carboxylic acids is 2. The molecule has 3 aliphatic rings. The molecule has 0 aromatic heterocycles. The summed E-state index contributed by atoms with van der Waals surface area (Å²) in [5.74, 6) is -0.198. The van der Waals surface area contributed by atoms with Crippen LogP contribution in [0.25, 0.3) is 0 Å². The first-order valence-corrected chi connectivity index (χ1v) is 9.78. The van der Waals surface area contributed by atoms with E-state index in [9.17, 15) is 9.59 Å². The van der Waals surface area contributed by atoms with Gasteiger partial charge < -0.3 is 15.0 Å². The highest BCUT2D eigenvalue weighted by molar-refractivity contribution is 6.18. The van der Waals surface area contributed by atoms with Crippen molar-refractivity contribution in [3.05, 3.63) is 47.2 Å². The van der Waals surface area contributed by atoms with Crippen molar-refractivity contribution in [1.29, 1.82) is 0 Å². The highest BCUT2D eigenvalue weighted by Gasteiger charge is 2.30. The van der Waals surface area contributed by atoms with E-state index >= 15 is 0 Å². The minimum absolute atomic E-state index is 0.00315. The summed E-state index contributed by atoms with van der Waals surface area (Å²) < 4.78 is 5.49. The fourth-order valence-electron chi connectivity index (χ4n) is 3.55. The van der Waals surface area contributed by atoms with Crippen LogP contribution >= 0.6 is 0 Å². The molecule has 0 spiro atoms. The van der Waals surface area contributed by atoms with E-state index in [2.05, 4.69) is 22.2 Å². The van der Waals surface area contributed by atoms with Gasteiger partial charge in [0.2, 0.25) is 6.29 Å². The van der Waals surface area contributed by atoms with Crippen molar-refractivity contribution in [3.8, 4) is 0 Å². The molecule has 7 heteroatoms. The van der Waals surface area contributed by atoms with Gasteiger partial charge in [0.15, 0.2) is 0 Å². The van der Waals surface area contributed by atoms with Crippen LogP contribution in [-0.4, -0.2) is 54.2 Å². The van der Waals surface area contributed by atoms with Crippen molar-refractivity contribution >= 4 is 23.7 Å². The third-order valence-electron chi connectivity index (χ3n) is 5.22. The number of hydrogen-bond acceptors (Lipinski definition) is 5. The third kappa shape index (κ3) is 3.89. The first-order valence-electron chi connectivity index (χ1n) is 9.78. The Bertz CT molecular complexity index is 851. The van der Waals surface area contributed by atoms with E-state index < -0.39 is 6.29 Å². The summed E-state index contributed by atoms with van der Waals surface area (Å²) in [4.78, 5) is 35.5. The Kier molecular flexibility index (Phi) is 5.34. The number of rotatable bonds is 4. The number of carbonyl (C=O) groups is 2. The zero-order chi connectivity index (χ0) is 19.5. The van der Waals surface area contributed by atoms with E-state index in [0.29, 0.717) is 25.1 Å². The minimum Gasteiger partial charge on any atom is -0.368 e. The van der Waals surface area contributed by atoms with Crippen molar-refractivity contribution in [2.45, 2.75) is 45.0 Å². The van der Waals surface area contributed by atoms with Crippen LogP contribution in [0.2, 0.25) is 0 Å². The molecule has 3 aliphatic heterocycles. The molecule has 4 rings (SSSR count). The number of aliphatic imine (C=N–C) groups is 2. The van der Waals surface area contributed by atoms with Crippen molar-refractivity contribution in [2.75, 3.05) is 13.2 Å². The maximum Gasteiger partial charge on any atom is 0.255 e. The average molecular weight is 380 g/mol. The molecule has 2 atom stereocenters.